The third-order valence-corrected chi connectivity index (χ3v) is 3.74. The molecule has 18 heavy (non-hydrogen) atoms. The van der Waals surface area contributed by atoms with Crippen LogP contribution in [0.25, 0.3) is 0 Å². The summed E-state index contributed by atoms with van der Waals surface area (Å²) in [5, 5.41) is 7.17. The van der Waals surface area contributed by atoms with Crippen LogP contribution in [0, 0.1) is 0 Å². The molecular formula is C11H22N4O2S. The highest BCUT2D eigenvalue weighted by atomic mass is 32.2. The molecule has 0 aliphatic carbocycles. The summed E-state index contributed by atoms with van der Waals surface area (Å²) in [6, 6.07) is 0.440. The molecule has 1 aromatic heterocycles. The lowest BCUT2D eigenvalue weighted by atomic mass is 10.3. The van der Waals surface area contributed by atoms with Crippen molar-refractivity contribution in [3.63, 3.8) is 0 Å². The van der Waals surface area contributed by atoms with Crippen LogP contribution in [0.4, 0.5) is 5.69 Å². The van der Waals surface area contributed by atoms with Gasteiger partial charge in [0.25, 0.3) is 0 Å². The van der Waals surface area contributed by atoms with Crippen LogP contribution in [0.5, 0.6) is 0 Å². The van der Waals surface area contributed by atoms with Crippen molar-refractivity contribution in [2.45, 2.75) is 32.7 Å². The SMILES string of the molecule is CC(C)NCCCCS(=O)(=O)Nc1cnn(C)c1. The second kappa shape index (κ2) is 6.75. The molecule has 1 rings (SSSR count). The monoisotopic (exact) mass is 274 g/mol. The molecule has 0 aliphatic rings. The van der Waals surface area contributed by atoms with Crippen molar-refractivity contribution < 1.29 is 8.42 Å². The predicted octanol–water partition coefficient (Wildman–Crippen LogP) is 0.940. The van der Waals surface area contributed by atoms with Crippen LogP contribution >= 0.6 is 0 Å². The van der Waals surface area contributed by atoms with Crippen molar-refractivity contribution >= 4 is 15.7 Å². The van der Waals surface area contributed by atoms with Gasteiger partial charge in [-0.05, 0) is 19.4 Å². The van der Waals surface area contributed by atoms with Crippen LogP contribution in [-0.2, 0) is 17.1 Å². The largest absolute Gasteiger partial charge is 0.315 e. The number of unbranched alkanes of at least 4 members (excludes halogenated alkanes) is 1. The molecule has 0 saturated heterocycles. The van der Waals surface area contributed by atoms with Crippen molar-refractivity contribution in [2.24, 2.45) is 7.05 Å². The molecular weight excluding hydrogens is 252 g/mol. The summed E-state index contributed by atoms with van der Waals surface area (Å²) < 4.78 is 27.5. The quantitative estimate of drug-likeness (QED) is 0.692. The number of anilines is 1. The topological polar surface area (TPSA) is 76.0 Å². The van der Waals surface area contributed by atoms with E-state index in [1.54, 1.807) is 17.9 Å². The van der Waals surface area contributed by atoms with Crippen molar-refractivity contribution in [2.75, 3.05) is 17.0 Å². The fraction of sp³-hybridized carbons (Fsp3) is 0.727. The van der Waals surface area contributed by atoms with Gasteiger partial charge in [-0.25, -0.2) is 8.42 Å². The second-order valence-corrected chi connectivity index (χ2v) is 6.48. The van der Waals surface area contributed by atoms with Crippen LogP contribution < -0.4 is 10.0 Å². The van der Waals surface area contributed by atoms with Crippen LogP contribution in [-0.4, -0.2) is 36.5 Å². The lowest BCUT2D eigenvalue weighted by Crippen LogP contribution is -2.24. The number of rotatable bonds is 8. The minimum absolute atomic E-state index is 0.141. The van der Waals surface area contributed by atoms with Gasteiger partial charge >= 0.3 is 0 Å². The second-order valence-electron chi connectivity index (χ2n) is 4.64. The Kier molecular flexibility index (Phi) is 5.61. The maximum absolute atomic E-state index is 11.7. The van der Waals surface area contributed by atoms with E-state index in [9.17, 15) is 8.42 Å². The van der Waals surface area contributed by atoms with Gasteiger partial charge in [0.1, 0.15) is 0 Å². The number of hydrogen-bond donors (Lipinski definition) is 2. The fourth-order valence-electron chi connectivity index (χ4n) is 1.51. The lowest BCUT2D eigenvalue weighted by molar-refractivity contribution is 0.561. The van der Waals surface area contributed by atoms with E-state index in [2.05, 4.69) is 29.0 Å². The summed E-state index contributed by atoms with van der Waals surface area (Å²) >= 11 is 0. The summed E-state index contributed by atoms with van der Waals surface area (Å²) in [6.45, 7) is 4.99. The number of sulfonamides is 1. The van der Waals surface area contributed by atoms with E-state index in [1.807, 2.05) is 0 Å². The van der Waals surface area contributed by atoms with Crippen LogP contribution in [0.3, 0.4) is 0 Å². The number of hydrogen-bond acceptors (Lipinski definition) is 4. The highest BCUT2D eigenvalue weighted by molar-refractivity contribution is 7.92. The molecule has 0 spiro atoms. The Hall–Kier alpha value is -1.08. The molecule has 0 saturated carbocycles. The molecule has 0 radical (unpaired) electrons. The molecule has 0 aromatic carbocycles. The van der Waals surface area contributed by atoms with Crippen molar-refractivity contribution in [3.8, 4) is 0 Å². The minimum Gasteiger partial charge on any atom is -0.315 e. The molecule has 0 unspecified atom stereocenters. The molecule has 0 aliphatic heterocycles. The zero-order valence-corrected chi connectivity index (χ0v) is 12.0. The Balaban J connectivity index is 2.28. The maximum Gasteiger partial charge on any atom is 0.232 e. The molecule has 1 heterocycles. The third-order valence-electron chi connectivity index (χ3n) is 2.37. The molecule has 6 nitrogen and oxygen atoms in total. The lowest BCUT2D eigenvalue weighted by Gasteiger charge is -2.08. The Morgan fingerprint density at radius 1 is 1.39 bits per heavy atom. The third kappa shape index (κ3) is 6.02. The first-order valence-electron chi connectivity index (χ1n) is 6.11. The van der Waals surface area contributed by atoms with E-state index in [-0.39, 0.29) is 5.75 Å². The van der Waals surface area contributed by atoms with Gasteiger partial charge in [0.15, 0.2) is 0 Å². The van der Waals surface area contributed by atoms with Crippen molar-refractivity contribution in [3.05, 3.63) is 12.4 Å². The predicted molar refractivity (Wildman–Crippen MR) is 73.0 cm³/mol. The van der Waals surface area contributed by atoms with E-state index in [1.165, 1.54) is 6.20 Å². The van der Waals surface area contributed by atoms with Gasteiger partial charge in [-0.1, -0.05) is 13.8 Å². The number of nitrogens with one attached hydrogen (secondary N) is 2. The van der Waals surface area contributed by atoms with E-state index < -0.39 is 10.0 Å². The summed E-state index contributed by atoms with van der Waals surface area (Å²) in [5.41, 5.74) is 0.512. The van der Waals surface area contributed by atoms with Crippen molar-refractivity contribution in [1.82, 2.24) is 15.1 Å². The standard InChI is InChI=1S/C11H22N4O2S/c1-10(2)12-6-4-5-7-18(16,17)14-11-8-13-15(3)9-11/h8-10,12,14H,4-7H2,1-3H3. The number of nitrogens with zero attached hydrogens (tertiary/aromatic N) is 2. The van der Waals surface area contributed by atoms with Gasteiger partial charge in [-0.15, -0.1) is 0 Å². The molecule has 1 aromatic rings. The van der Waals surface area contributed by atoms with E-state index >= 15 is 0 Å². The first-order valence-corrected chi connectivity index (χ1v) is 7.77. The fourth-order valence-corrected chi connectivity index (χ4v) is 2.66. The van der Waals surface area contributed by atoms with E-state index in [0.29, 0.717) is 18.2 Å². The van der Waals surface area contributed by atoms with E-state index in [0.717, 1.165) is 13.0 Å². The first-order chi connectivity index (χ1) is 8.39. The smallest absolute Gasteiger partial charge is 0.232 e. The van der Waals surface area contributed by atoms with Gasteiger partial charge in [0.05, 0.1) is 17.6 Å². The van der Waals surface area contributed by atoms with Gasteiger partial charge in [-0.2, -0.15) is 5.10 Å². The Morgan fingerprint density at radius 3 is 2.67 bits per heavy atom. The summed E-state index contributed by atoms with van der Waals surface area (Å²) in [6.07, 6.45) is 4.64. The van der Waals surface area contributed by atoms with E-state index in [4.69, 9.17) is 0 Å². The molecule has 0 bridgehead atoms. The molecule has 104 valence electrons. The average molecular weight is 274 g/mol. The molecule has 7 heteroatoms. The average Bonchev–Trinajstić information content (AvgIpc) is 2.61. The summed E-state index contributed by atoms with van der Waals surface area (Å²) in [4.78, 5) is 0. The number of aryl methyl sites for hydroxylation is 1. The zero-order valence-electron chi connectivity index (χ0n) is 11.2. The molecule has 0 fully saturated rings. The Morgan fingerprint density at radius 2 is 2.11 bits per heavy atom. The highest BCUT2D eigenvalue weighted by Crippen LogP contribution is 2.07. The van der Waals surface area contributed by atoms with Gasteiger partial charge < -0.3 is 5.32 Å². The number of aromatic nitrogens is 2. The van der Waals surface area contributed by atoms with Gasteiger partial charge in [0.2, 0.25) is 10.0 Å². The van der Waals surface area contributed by atoms with Crippen LogP contribution in [0.15, 0.2) is 12.4 Å². The van der Waals surface area contributed by atoms with Gasteiger partial charge in [0, 0.05) is 19.3 Å². The normalized spacial score (nSPS) is 12.0. The zero-order chi connectivity index (χ0) is 13.6. The highest BCUT2D eigenvalue weighted by Gasteiger charge is 2.10. The molecule has 0 atom stereocenters. The first kappa shape index (κ1) is 15.0. The Labute approximate surface area is 109 Å². The van der Waals surface area contributed by atoms with Crippen LogP contribution in [0.1, 0.15) is 26.7 Å². The minimum atomic E-state index is -3.25. The van der Waals surface area contributed by atoms with Crippen LogP contribution in [0.2, 0.25) is 0 Å². The summed E-state index contributed by atoms with van der Waals surface area (Å²) in [7, 11) is -1.51. The Bertz CT molecular complexity index is 453. The van der Waals surface area contributed by atoms with Gasteiger partial charge in [-0.3, -0.25) is 9.40 Å². The molecule has 0 amide bonds. The summed E-state index contributed by atoms with van der Waals surface area (Å²) in [5.74, 6) is 0.141. The van der Waals surface area contributed by atoms with Crippen molar-refractivity contribution in [1.29, 1.82) is 0 Å². The molecule has 2 N–H and O–H groups in total. The maximum atomic E-state index is 11.7.